The van der Waals surface area contributed by atoms with Crippen molar-refractivity contribution in [3.63, 3.8) is 0 Å². The van der Waals surface area contributed by atoms with E-state index < -0.39 is 0 Å². The molecule has 0 aliphatic heterocycles. The van der Waals surface area contributed by atoms with E-state index in [2.05, 4.69) is 27.7 Å². The SMILES string of the molecule is CC1CCCC(C)C1C1C(C)CC(O)CC1C. The average molecular weight is 238 g/mol. The Morgan fingerprint density at radius 2 is 1.12 bits per heavy atom. The first-order valence-electron chi connectivity index (χ1n) is 7.68. The fraction of sp³-hybridized carbons (Fsp3) is 1.00. The van der Waals surface area contributed by atoms with Gasteiger partial charge in [-0.2, -0.15) is 0 Å². The van der Waals surface area contributed by atoms with Gasteiger partial charge in [-0.1, -0.05) is 47.0 Å². The molecule has 2 saturated carbocycles. The molecule has 1 heteroatoms. The molecular weight excluding hydrogens is 208 g/mol. The molecule has 0 bridgehead atoms. The van der Waals surface area contributed by atoms with E-state index >= 15 is 0 Å². The van der Waals surface area contributed by atoms with Crippen LogP contribution in [0.1, 0.15) is 59.8 Å². The lowest BCUT2D eigenvalue weighted by Crippen LogP contribution is -2.42. The zero-order chi connectivity index (χ0) is 12.6. The molecule has 0 aromatic carbocycles. The summed E-state index contributed by atoms with van der Waals surface area (Å²) in [6, 6.07) is 0. The maximum atomic E-state index is 9.90. The van der Waals surface area contributed by atoms with Crippen molar-refractivity contribution < 1.29 is 5.11 Å². The van der Waals surface area contributed by atoms with Crippen LogP contribution >= 0.6 is 0 Å². The van der Waals surface area contributed by atoms with Crippen molar-refractivity contribution in [3.8, 4) is 0 Å². The van der Waals surface area contributed by atoms with Crippen LogP contribution in [-0.2, 0) is 0 Å². The Morgan fingerprint density at radius 1 is 0.706 bits per heavy atom. The van der Waals surface area contributed by atoms with Crippen molar-refractivity contribution in [3.05, 3.63) is 0 Å². The molecule has 0 aromatic rings. The van der Waals surface area contributed by atoms with Gasteiger partial charge in [0.15, 0.2) is 0 Å². The first-order valence-corrected chi connectivity index (χ1v) is 7.68. The first kappa shape index (κ1) is 13.4. The molecule has 0 aromatic heterocycles. The minimum atomic E-state index is -0.0366. The molecule has 17 heavy (non-hydrogen) atoms. The van der Waals surface area contributed by atoms with E-state index in [1.807, 2.05) is 0 Å². The molecule has 4 unspecified atom stereocenters. The molecule has 2 aliphatic carbocycles. The van der Waals surface area contributed by atoms with Crippen LogP contribution < -0.4 is 0 Å². The summed E-state index contributed by atoms with van der Waals surface area (Å²) >= 11 is 0. The number of aliphatic hydroxyl groups is 1. The number of rotatable bonds is 1. The van der Waals surface area contributed by atoms with Crippen LogP contribution in [0.3, 0.4) is 0 Å². The number of hydrogen-bond donors (Lipinski definition) is 1. The monoisotopic (exact) mass is 238 g/mol. The maximum Gasteiger partial charge on any atom is 0.0545 e. The Labute approximate surface area is 107 Å². The lowest BCUT2D eigenvalue weighted by Gasteiger charge is -2.48. The second-order valence-corrected chi connectivity index (χ2v) is 7.12. The van der Waals surface area contributed by atoms with Crippen LogP contribution in [-0.4, -0.2) is 11.2 Å². The minimum Gasteiger partial charge on any atom is -0.393 e. The fourth-order valence-corrected chi connectivity index (χ4v) is 5.05. The van der Waals surface area contributed by atoms with Crippen LogP contribution in [0, 0.1) is 35.5 Å². The largest absolute Gasteiger partial charge is 0.393 e. The van der Waals surface area contributed by atoms with Gasteiger partial charge < -0.3 is 5.11 Å². The highest BCUT2D eigenvalue weighted by Crippen LogP contribution is 2.48. The Balaban J connectivity index is 2.13. The van der Waals surface area contributed by atoms with E-state index in [9.17, 15) is 5.11 Å². The van der Waals surface area contributed by atoms with Crippen molar-refractivity contribution in [2.75, 3.05) is 0 Å². The summed E-state index contributed by atoms with van der Waals surface area (Å²) in [7, 11) is 0. The maximum absolute atomic E-state index is 9.90. The third kappa shape index (κ3) is 2.70. The van der Waals surface area contributed by atoms with Crippen LogP contribution in [0.5, 0.6) is 0 Å². The van der Waals surface area contributed by atoms with Crippen molar-refractivity contribution >= 4 is 0 Å². The summed E-state index contributed by atoms with van der Waals surface area (Å²) in [6.45, 7) is 9.67. The van der Waals surface area contributed by atoms with E-state index in [0.717, 1.165) is 36.5 Å². The minimum absolute atomic E-state index is 0.0366. The van der Waals surface area contributed by atoms with E-state index in [1.54, 1.807) is 0 Å². The number of hydrogen-bond acceptors (Lipinski definition) is 1. The Bertz CT molecular complexity index is 228. The van der Waals surface area contributed by atoms with E-state index in [4.69, 9.17) is 0 Å². The quantitative estimate of drug-likeness (QED) is 0.729. The Hall–Kier alpha value is -0.0400. The summed E-state index contributed by atoms with van der Waals surface area (Å²) in [5.41, 5.74) is 0. The molecule has 1 N–H and O–H groups in total. The highest BCUT2D eigenvalue weighted by Gasteiger charge is 2.42. The average Bonchev–Trinajstić information content (AvgIpc) is 2.21. The molecule has 4 atom stereocenters. The Morgan fingerprint density at radius 3 is 1.59 bits per heavy atom. The second-order valence-electron chi connectivity index (χ2n) is 7.12. The lowest BCUT2D eigenvalue weighted by molar-refractivity contribution is -0.0261. The molecular formula is C16H30O. The summed E-state index contributed by atoms with van der Waals surface area (Å²) in [5, 5.41) is 9.90. The van der Waals surface area contributed by atoms with Gasteiger partial charge in [-0.25, -0.2) is 0 Å². The molecule has 2 fully saturated rings. The molecule has 2 rings (SSSR count). The molecule has 0 radical (unpaired) electrons. The highest BCUT2D eigenvalue weighted by molar-refractivity contribution is 4.91. The topological polar surface area (TPSA) is 20.2 Å². The molecule has 0 heterocycles. The van der Waals surface area contributed by atoms with Gasteiger partial charge >= 0.3 is 0 Å². The van der Waals surface area contributed by atoms with Gasteiger partial charge in [-0.05, 0) is 48.3 Å². The lowest BCUT2D eigenvalue weighted by atomic mass is 9.58. The molecule has 0 spiro atoms. The van der Waals surface area contributed by atoms with Crippen LogP contribution in [0.25, 0.3) is 0 Å². The summed E-state index contributed by atoms with van der Waals surface area (Å²) in [5.74, 6) is 4.96. The van der Waals surface area contributed by atoms with Gasteiger partial charge in [-0.15, -0.1) is 0 Å². The van der Waals surface area contributed by atoms with Gasteiger partial charge in [0.25, 0.3) is 0 Å². The molecule has 0 saturated heterocycles. The summed E-state index contributed by atoms with van der Waals surface area (Å²) in [6.07, 6.45) is 6.30. The van der Waals surface area contributed by atoms with Crippen molar-refractivity contribution in [2.24, 2.45) is 35.5 Å². The van der Waals surface area contributed by atoms with Gasteiger partial charge in [0.05, 0.1) is 6.10 Å². The van der Waals surface area contributed by atoms with Gasteiger partial charge in [0, 0.05) is 0 Å². The molecule has 1 nitrogen and oxygen atoms in total. The van der Waals surface area contributed by atoms with Gasteiger partial charge in [-0.3, -0.25) is 0 Å². The predicted octanol–water partition coefficient (Wildman–Crippen LogP) is 4.10. The molecule has 100 valence electrons. The smallest absolute Gasteiger partial charge is 0.0545 e. The van der Waals surface area contributed by atoms with Crippen LogP contribution in [0.15, 0.2) is 0 Å². The molecule has 0 amide bonds. The summed E-state index contributed by atoms with van der Waals surface area (Å²) in [4.78, 5) is 0. The van der Waals surface area contributed by atoms with Gasteiger partial charge in [0.2, 0.25) is 0 Å². The van der Waals surface area contributed by atoms with E-state index in [-0.39, 0.29) is 6.10 Å². The highest BCUT2D eigenvalue weighted by atomic mass is 16.3. The second kappa shape index (κ2) is 5.30. The number of aliphatic hydroxyl groups excluding tert-OH is 1. The third-order valence-corrected chi connectivity index (χ3v) is 5.68. The third-order valence-electron chi connectivity index (χ3n) is 5.68. The van der Waals surface area contributed by atoms with Crippen molar-refractivity contribution in [2.45, 2.75) is 65.9 Å². The summed E-state index contributed by atoms with van der Waals surface area (Å²) < 4.78 is 0. The normalized spacial score (nSPS) is 52.4. The van der Waals surface area contributed by atoms with Crippen molar-refractivity contribution in [1.82, 2.24) is 0 Å². The Kier molecular flexibility index (Phi) is 4.18. The van der Waals surface area contributed by atoms with Gasteiger partial charge in [0.1, 0.15) is 0 Å². The van der Waals surface area contributed by atoms with E-state index in [1.165, 1.54) is 19.3 Å². The van der Waals surface area contributed by atoms with Crippen molar-refractivity contribution in [1.29, 1.82) is 0 Å². The zero-order valence-electron chi connectivity index (χ0n) is 12.0. The fourth-order valence-electron chi connectivity index (χ4n) is 5.05. The van der Waals surface area contributed by atoms with E-state index in [0.29, 0.717) is 11.8 Å². The first-order chi connectivity index (χ1) is 8.00. The standard InChI is InChI=1S/C16H30O/c1-10-6-5-7-11(2)15(10)16-12(3)8-14(17)9-13(16)4/h10-17H,5-9H2,1-4H3. The zero-order valence-corrected chi connectivity index (χ0v) is 12.0. The van der Waals surface area contributed by atoms with Crippen LogP contribution in [0.4, 0.5) is 0 Å². The predicted molar refractivity (Wildman–Crippen MR) is 72.7 cm³/mol. The molecule has 2 aliphatic rings. The van der Waals surface area contributed by atoms with Crippen LogP contribution in [0.2, 0.25) is 0 Å².